The van der Waals surface area contributed by atoms with Crippen LogP contribution in [0.4, 0.5) is 5.69 Å². The van der Waals surface area contributed by atoms with E-state index in [0.717, 1.165) is 23.1 Å². The van der Waals surface area contributed by atoms with Gasteiger partial charge in [-0.05, 0) is 55.2 Å². The minimum absolute atomic E-state index is 0.340. The zero-order valence-corrected chi connectivity index (χ0v) is 16.0. The number of hydrogen-bond acceptors (Lipinski definition) is 4. The summed E-state index contributed by atoms with van der Waals surface area (Å²) in [6, 6.07) is 12.2. The highest BCUT2D eigenvalue weighted by Gasteiger charge is 2.22. The molecule has 0 aromatic heterocycles. The molecule has 1 N–H and O–H groups in total. The van der Waals surface area contributed by atoms with Crippen molar-refractivity contribution in [3.8, 4) is 0 Å². The second-order valence-corrected chi connectivity index (χ2v) is 8.42. The maximum absolute atomic E-state index is 12.2. The molecule has 0 saturated carbocycles. The number of nitrogens with one attached hydrogen (secondary N) is 1. The topological polar surface area (TPSA) is 80.3 Å². The molecule has 0 fully saturated rings. The van der Waals surface area contributed by atoms with Crippen molar-refractivity contribution in [2.45, 2.75) is 27.2 Å². The van der Waals surface area contributed by atoms with Crippen LogP contribution in [-0.2, 0) is 21.1 Å². The van der Waals surface area contributed by atoms with Crippen LogP contribution in [0.3, 0.4) is 0 Å². The SMILES string of the molecule is CCc1ccc(NC(=O)CS(=O)(=O)CC(=O)c2ccc(C)c(C)c2)cc1. The van der Waals surface area contributed by atoms with Gasteiger partial charge in [0.1, 0.15) is 11.5 Å². The van der Waals surface area contributed by atoms with Crippen LogP contribution in [0, 0.1) is 13.8 Å². The van der Waals surface area contributed by atoms with Gasteiger partial charge < -0.3 is 5.32 Å². The molecule has 0 unspecified atom stereocenters. The molecular weight excluding hydrogens is 350 g/mol. The lowest BCUT2D eigenvalue weighted by Crippen LogP contribution is -2.27. The number of anilines is 1. The van der Waals surface area contributed by atoms with Crippen LogP contribution in [0.5, 0.6) is 0 Å². The normalized spacial score (nSPS) is 11.2. The van der Waals surface area contributed by atoms with E-state index in [1.54, 1.807) is 30.3 Å². The number of sulfone groups is 1. The molecule has 138 valence electrons. The highest BCUT2D eigenvalue weighted by molar-refractivity contribution is 7.92. The third kappa shape index (κ3) is 5.52. The van der Waals surface area contributed by atoms with Crippen molar-refractivity contribution in [3.63, 3.8) is 0 Å². The van der Waals surface area contributed by atoms with E-state index < -0.39 is 33.0 Å². The fraction of sp³-hybridized carbons (Fsp3) is 0.300. The van der Waals surface area contributed by atoms with Gasteiger partial charge in [-0.2, -0.15) is 0 Å². The van der Waals surface area contributed by atoms with Crippen molar-refractivity contribution in [2.24, 2.45) is 0 Å². The number of carbonyl (C=O) groups is 2. The Hall–Kier alpha value is -2.47. The summed E-state index contributed by atoms with van der Waals surface area (Å²) in [6.07, 6.45) is 0.878. The van der Waals surface area contributed by atoms with E-state index in [1.807, 2.05) is 32.9 Å². The predicted octanol–water partition coefficient (Wildman–Crippen LogP) is 3.10. The molecule has 2 aromatic rings. The number of rotatable bonds is 7. The highest BCUT2D eigenvalue weighted by atomic mass is 32.2. The molecule has 0 aliphatic rings. The Morgan fingerprint density at radius 3 is 2.15 bits per heavy atom. The van der Waals surface area contributed by atoms with Gasteiger partial charge in [0.05, 0.1) is 0 Å². The Bertz CT molecular complexity index is 915. The molecule has 0 spiro atoms. The number of hydrogen-bond donors (Lipinski definition) is 1. The average molecular weight is 373 g/mol. The van der Waals surface area contributed by atoms with E-state index in [0.29, 0.717) is 11.3 Å². The van der Waals surface area contributed by atoms with Crippen LogP contribution >= 0.6 is 0 Å². The maximum Gasteiger partial charge on any atom is 0.239 e. The van der Waals surface area contributed by atoms with Gasteiger partial charge in [0.2, 0.25) is 5.91 Å². The zero-order chi connectivity index (χ0) is 19.3. The summed E-state index contributed by atoms with van der Waals surface area (Å²) in [5.74, 6) is -2.56. The minimum Gasteiger partial charge on any atom is -0.325 e. The van der Waals surface area contributed by atoms with Crippen LogP contribution in [-0.4, -0.2) is 31.6 Å². The first-order valence-electron chi connectivity index (χ1n) is 8.40. The largest absolute Gasteiger partial charge is 0.325 e. The molecule has 2 aromatic carbocycles. The number of amides is 1. The van der Waals surface area contributed by atoms with Gasteiger partial charge in [0, 0.05) is 11.3 Å². The fourth-order valence-electron chi connectivity index (χ4n) is 2.47. The van der Waals surface area contributed by atoms with Crippen molar-refractivity contribution >= 4 is 27.2 Å². The summed E-state index contributed by atoms with van der Waals surface area (Å²) in [7, 11) is -3.85. The second kappa shape index (κ2) is 8.27. The van der Waals surface area contributed by atoms with Crippen molar-refractivity contribution in [2.75, 3.05) is 16.8 Å². The summed E-state index contributed by atoms with van der Waals surface area (Å²) in [5.41, 5.74) is 3.93. The molecule has 0 aliphatic carbocycles. The van der Waals surface area contributed by atoms with Crippen LogP contribution in [0.15, 0.2) is 42.5 Å². The van der Waals surface area contributed by atoms with Gasteiger partial charge in [-0.1, -0.05) is 31.2 Å². The van der Waals surface area contributed by atoms with Gasteiger partial charge in [0.15, 0.2) is 15.6 Å². The Labute approximate surface area is 154 Å². The molecule has 5 nitrogen and oxygen atoms in total. The molecule has 0 bridgehead atoms. The zero-order valence-electron chi connectivity index (χ0n) is 15.2. The number of ketones is 1. The molecule has 2 rings (SSSR count). The lowest BCUT2D eigenvalue weighted by atomic mass is 10.0. The Balaban J connectivity index is 1.99. The molecular formula is C20H23NO4S. The second-order valence-electron chi connectivity index (χ2n) is 6.35. The summed E-state index contributed by atoms with van der Waals surface area (Å²) >= 11 is 0. The van der Waals surface area contributed by atoms with Gasteiger partial charge >= 0.3 is 0 Å². The van der Waals surface area contributed by atoms with E-state index in [2.05, 4.69) is 5.32 Å². The van der Waals surface area contributed by atoms with Crippen LogP contribution < -0.4 is 5.32 Å². The predicted molar refractivity (Wildman–Crippen MR) is 103 cm³/mol. The number of aryl methyl sites for hydroxylation is 3. The monoisotopic (exact) mass is 373 g/mol. The lowest BCUT2D eigenvalue weighted by Gasteiger charge is -2.08. The van der Waals surface area contributed by atoms with Crippen LogP contribution in [0.1, 0.15) is 34.0 Å². The summed E-state index contributed by atoms with van der Waals surface area (Å²) < 4.78 is 24.4. The van der Waals surface area contributed by atoms with E-state index in [-0.39, 0.29) is 0 Å². The molecule has 6 heteroatoms. The van der Waals surface area contributed by atoms with Crippen molar-refractivity contribution in [1.82, 2.24) is 0 Å². The number of carbonyl (C=O) groups excluding carboxylic acids is 2. The lowest BCUT2D eigenvalue weighted by molar-refractivity contribution is -0.113. The van der Waals surface area contributed by atoms with Gasteiger partial charge in [-0.3, -0.25) is 9.59 Å². The highest BCUT2D eigenvalue weighted by Crippen LogP contribution is 2.12. The third-order valence-corrected chi connectivity index (χ3v) is 5.58. The molecule has 0 aliphatic heterocycles. The summed E-state index contributed by atoms with van der Waals surface area (Å²) in [5, 5.41) is 2.55. The van der Waals surface area contributed by atoms with E-state index in [1.165, 1.54) is 0 Å². The fourth-order valence-corrected chi connectivity index (χ4v) is 3.61. The number of benzene rings is 2. The van der Waals surface area contributed by atoms with Gasteiger partial charge in [-0.15, -0.1) is 0 Å². The van der Waals surface area contributed by atoms with Crippen LogP contribution in [0.2, 0.25) is 0 Å². The summed E-state index contributed by atoms with van der Waals surface area (Å²) in [4.78, 5) is 24.2. The average Bonchev–Trinajstić information content (AvgIpc) is 2.56. The summed E-state index contributed by atoms with van der Waals surface area (Å²) in [6.45, 7) is 5.79. The molecule has 0 radical (unpaired) electrons. The molecule has 0 saturated heterocycles. The first-order chi connectivity index (χ1) is 12.2. The number of Topliss-reactive ketones (excluding diaryl/α,β-unsaturated/α-hetero) is 1. The molecule has 1 amide bonds. The maximum atomic E-state index is 12.2. The van der Waals surface area contributed by atoms with Crippen molar-refractivity contribution in [3.05, 3.63) is 64.7 Å². The Kier molecular flexibility index (Phi) is 6.32. The van der Waals surface area contributed by atoms with Crippen molar-refractivity contribution in [1.29, 1.82) is 0 Å². The standard InChI is InChI=1S/C20H23NO4S/c1-4-16-6-9-18(10-7-16)21-20(23)13-26(24,25)12-19(22)17-8-5-14(2)15(3)11-17/h5-11H,4,12-13H2,1-3H3,(H,21,23). The first kappa shape index (κ1) is 19.8. The van der Waals surface area contributed by atoms with E-state index >= 15 is 0 Å². The molecule has 26 heavy (non-hydrogen) atoms. The van der Waals surface area contributed by atoms with E-state index in [4.69, 9.17) is 0 Å². The van der Waals surface area contributed by atoms with Gasteiger partial charge in [0.25, 0.3) is 0 Å². The van der Waals surface area contributed by atoms with E-state index in [9.17, 15) is 18.0 Å². The Morgan fingerprint density at radius 2 is 1.58 bits per heavy atom. The Morgan fingerprint density at radius 1 is 0.923 bits per heavy atom. The smallest absolute Gasteiger partial charge is 0.239 e. The first-order valence-corrected chi connectivity index (χ1v) is 10.2. The molecule has 0 atom stereocenters. The quantitative estimate of drug-likeness (QED) is 0.756. The molecule has 0 heterocycles. The third-order valence-electron chi connectivity index (χ3n) is 4.18. The van der Waals surface area contributed by atoms with Crippen LogP contribution in [0.25, 0.3) is 0 Å². The van der Waals surface area contributed by atoms with Gasteiger partial charge in [-0.25, -0.2) is 8.42 Å². The van der Waals surface area contributed by atoms with Crippen molar-refractivity contribution < 1.29 is 18.0 Å². The minimum atomic E-state index is -3.85.